The maximum absolute atomic E-state index is 12.5. The lowest BCUT2D eigenvalue weighted by Crippen LogP contribution is -2.43. The molecule has 7 heteroatoms. The number of nitrogens with one attached hydrogen (secondary N) is 1. The van der Waals surface area contributed by atoms with Gasteiger partial charge in [0.05, 0.1) is 23.5 Å². The van der Waals surface area contributed by atoms with Gasteiger partial charge in [-0.3, -0.25) is 14.4 Å². The number of amides is 2. The molecule has 1 aromatic carbocycles. The zero-order valence-electron chi connectivity index (χ0n) is 14.2. The summed E-state index contributed by atoms with van der Waals surface area (Å²) in [7, 11) is 0. The van der Waals surface area contributed by atoms with Crippen LogP contribution in [0.15, 0.2) is 29.2 Å². The van der Waals surface area contributed by atoms with Crippen LogP contribution in [-0.4, -0.2) is 47.6 Å². The van der Waals surface area contributed by atoms with Crippen molar-refractivity contribution in [2.24, 2.45) is 5.92 Å². The molecule has 1 N–H and O–H groups in total. The summed E-state index contributed by atoms with van der Waals surface area (Å²) in [5, 5.41) is 2.45. The number of piperidine rings is 1. The van der Waals surface area contributed by atoms with E-state index in [0.717, 1.165) is 10.6 Å². The summed E-state index contributed by atoms with van der Waals surface area (Å²) >= 11 is 1.44. The summed E-state index contributed by atoms with van der Waals surface area (Å²) in [5.74, 6) is -0.454. The van der Waals surface area contributed by atoms with Gasteiger partial charge in [-0.1, -0.05) is 12.1 Å². The summed E-state index contributed by atoms with van der Waals surface area (Å²) in [5.41, 5.74) is 0.802. The Morgan fingerprint density at radius 2 is 2.00 bits per heavy atom. The first-order chi connectivity index (χ1) is 12.1. The zero-order chi connectivity index (χ0) is 17.8. The quantitative estimate of drug-likeness (QED) is 0.832. The third-order valence-electron chi connectivity index (χ3n) is 4.53. The van der Waals surface area contributed by atoms with Crippen LogP contribution in [0, 0.1) is 5.92 Å². The average Bonchev–Trinajstić information content (AvgIpc) is 2.62. The molecule has 0 radical (unpaired) electrons. The lowest BCUT2D eigenvalue weighted by Gasteiger charge is -2.32. The summed E-state index contributed by atoms with van der Waals surface area (Å²) in [4.78, 5) is 39.3. The topological polar surface area (TPSA) is 75.7 Å². The minimum Gasteiger partial charge on any atom is -0.466 e. The molecule has 0 saturated carbocycles. The number of nitrogens with zero attached hydrogens (tertiary/aromatic N) is 1. The van der Waals surface area contributed by atoms with Gasteiger partial charge >= 0.3 is 5.97 Å². The highest BCUT2D eigenvalue weighted by atomic mass is 32.2. The molecule has 1 atom stereocenters. The number of thioether (sulfide) groups is 1. The number of esters is 1. The van der Waals surface area contributed by atoms with E-state index < -0.39 is 5.25 Å². The monoisotopic (exact) mass is 362 g/mol. The minimum atomic E-state index is -0.412. The normalized spacial score (nSPS) is 20.6. The van der Waals surface area contributed by atoms with E-state index in [1.54, 1.807) is 11.8 Å². The van der Waals surface area contributed by atoms with Crippen LogP contribution >= 0.6 is 11.8 Å². The predicted octanol–water partition coefficient (Wildman–Crippen LogP) is 2.29. The summed E-state index contributed by atoms with van der Waals surface area (Å²) in [6, 6.07) is 7.60. The van der Waals surface area contributed by atoms with Crippen LogP contribution in [0.25, 0.3) is 0 Å². The van der Waals surface area contributed by atoms with Crippen molar-refractivity contribution >= 4 is 35.2 Å². The van der Waals surface area contributed by atoms with Gasteiger partial charge in [0.1, 0.15) is 0 Å². The molecule has 1 unspecified atom stereocenters. The molecule has 2 heterocycles. The Bertz CT molecular complexity index is 671. The van der Waals surface area contributed by atoms with Gasteiger partial charge in [-0.25, -0.2) is 0 Å². The molecule has 2 amide bonds. The standard InChI is InChI=1S/C18H22N2O4S/c1-2-24-18(23)12-7-9-20(10-8-12)16(21)11-15-17(22)19-13-5-3-4-6-14(13)25-15/h3-6,12,15H,2,7-11H2,1H3,(H,19,22). The third kappa shape index (κ3) is 4.15. The Hall–Kier alpha value is -2.02. The van der Waals surface area contributed by atoms with Gasteiger partial charge in [-0.05, 0) is 31.9 Å². The van der Waals surface area contributed by atoms with E-state index >= 15 is 0 Å². The molecule has 0 spiro atoms. The Balaban J connectivity index is 1.53. The summed E-state index contributed by atoms with van der Waals surface area (Å²) in [6.07, 6.45) is 1.42. The number of carbonyl (C=O) groups is 3. The first-order valence-electron chi connectivity index (χ1n) is 8.59. The number of anilines is 1. The van der Waals surface area contributed by atoms with Gasteiger partial charge in [0.2, 0.25) is 11.8 Å². The van der Waals surface area contributed by atoms with Gasteiger partial charge in [0.15, 0.2) is 0 Å². The van der Waals surface area contributed by atoms with Crippen molar-refractivity contribution in [2.75, 3.05) is 25.0 Å². The predicted molar refractivity (Wildman–Crippen MR) is 95.3 cm³/mol. The van der Waals surface area contributed by atoms with Crippen molar-refractivity contribution in [1.82, 2.24) is 4.90 Å². The van der Waals surface area contributed by atoms with Crippen molar-refractivity contribution in [2.45, 2.75) is 36.3 Å². The fraction of sp³-hybridized carbons (Fsp3) is 0.500. The van der Waals surface area contributed by atoms with Crippen LogP contribution in [0.3, 0.4) is 0 Å². The molecule has 1 aromatic rings. The molecule has 6 nitrogen and oxygen atoms in total. The number of para-hydroxylation sites is 1. The number of hydrogen-bond donors (Lipinski definition) is 1. The molecule has 0 bridgehead atoms. The first kappa shape index (κ1) is 17.8. The largest absolute Gasteiger partial charge is 0.466 e. The molecular weight excluding hydrogens is 340 g/mol. The Morgan fingerprint density at radius 1 is 1.28 bits per heavy atom. The summed E-state index contributed by atoms with van der Waals surface area (Å²) < 4.78 is 5.05. The lowest BCUT2D eigenvalue weighted by molar-refractivity contribution is -0.151. The highest BCUT2D eigenvalue weighted by Crippen LogP contribution is 2.37. The number of benzene rings is 1. The van der Waals surface area contributed by atoms with E-state index in [2.05, 4.69) is 5.32 Å². The molecule has 0 aromatic heterocycles. The van der Waals surface area contributed by atoms with Gasteiger partial charge in [-0.15, -0.1) is 11.8 Å². The van der Waals surface area contributed by atoms with E-state index in [9.17, 15) is 14.4 Å². The molecule has 1 saturated heterocycles. The van der Waals surface area contributed by atoms with E-state index in [1.807, 2.05) is 24.3 Å². The minimum absolute atomic E-state index is 0.0330. The van der Waals surface area contributed by atoms with E-state index in [4.69, 9.17) is 4.74 Å². The molecule has 3 rings (SSSR count). The van der Waals surface area contributed by atoms with Gasteiger partial charge in [0, 0.05) is 24.4 Å². The highest BCUT2D eigenvalue weighted by molar-refractivity contribution is 8.01. The average molecular weight is 362 g/mol. The second-order valence-electron chi connectivity index (χ2n) is 6.20. The van der Waals surface area contributed by atoms with Crippen molar-refractivity contribution in [1.29, 1.82) is 0 Å². The van der Waals surface area contributed by atoms with E-state index in [-0.39, 0.29) is 30.1 Å². The fourth-order valence-electron chi connectivity index (χ4n) is 3.14. The van der Waals surface area contributed by atoms with Crippen molar-refractivity contribution < 1.29 is 19.1 Å². The zero-order valence-corrected chi connectivity index (χ0v) is 15.0. The van der Waals surface area contributed by atoms with E-state index in [1.165, 1.54) is 11.8 Å². The highest BCUT2D eigenvalue weighted by Gasteiger charge is 2.33. The smallest absolute Gasteiger partial charge is 0.309 e. The first-order valence-corrected chi connectivity index (χ1v) is 9.47. The Labute approximate surface area is 151 Å². The second kappa shape index (κ2) is 7.91. The molecule has 0 aliphatic carbocycles. The Morgan fingerprint density at radius 3 is 2.72 bits per heavy atom. The SMILES string of the molecule is CCOC(=O)C1CCN(C(=O)CC2Sc3ccccc3NC2=O)CC1. The van der Waals surface area contributed by atoms with Crippen LogP contribution in [0.4, 0.5) is 5.69 Å². The van der Waals surface area contributed by atoms with Crippen molar-refractivity contribution in [3.63, 3.8) is 0 Å². The molecule has 2 aliphatic rings. The van der Waals surface area contributed by atoms with E-state index in [0.29, 0.717) is 32.5 Å². The second-order valence-corrected chi connectivity index (χ2v) is 7.45. The number of hydrogen-bond acceptors (Lipinski definition) is 5. The van der Waals surface area contributed by atoms with Crippen LogP contribution in [0.2, 0.25) is 0 Å². The lowest BCUT2D eigenvalue weighted by atomic mass is 9.96. The number of likely N-dealkylation sites (tertiary alicyclic amines) is 1. The van der Waals surface area contributed by atoms with Crippen LogP contribution in [0.1, 0.15) is 26.2 Å². The number of carbonyl (C=O) groups excluding carboxylic acids is 3. The summed E-state index contributed by atoms with van der Waals surface area (Å²) in [6.45, 7) is 3.25. The molecular formula is C18H22N2O4S. The van der Waals surface area contributed by atoms with Gasteiger partial charge in [-0.2, -0.15) is 0 Å². The molecule has 25 heavy (non-hydrogen) atoms. The molecule has 1 fully saturated rings. The molecule has 134 valence electrons. The number of ether oxygens (including phenoxy) is 1. The fourth-order valence-corrected chi connectivity index (χ4v) is 4.24. The maximum Gasteiger partial charge on any atom is 0.309 e. The van der Waals surface area contributed by atoms with Crippen molar-refractivity contribution in [3.05, 3.63) is 24.3 Å². The maximum atomic E-state index is 12.5. The van der Waals surface area contributed by atoms with Gasteiger partial charge < -0.3 is 15.0 Å². The van der Waals surface area contributed by atoms with Gasteiger partial charge in [0.25, 0.3) is 0 Å². The third-order valence-corrected chi connectivity index (χ3v) is 5.81. The Kier molecular flexibility index (Phi) is 5.63. The van der Waals surface area contributed by atoms with Crippen LogP contribution in [-0.2, 0) is 19.1 Å². The molecule has 2 aliphatic heterocycles. The van der Waals surface area contributed by atoms with Crippen molar-refractivity contribution in [3.8, 4) is 0 Å². The van der Waals surface area contributed by atoms with Crippen LogP contribution in [0.5, 0.6) is 0 Å². The van der Waals surface area contributed by atoms with Crippen LogP contribution < -0.4 is 5.32 Å². The number of fused-ring (bicyclic) bond motifs is 1. The number of rotatable bonds is 4.